The number of hydrogen-bond donors (Lipinski definition) is 1. The lowest BCUT2D eigenvalue weighted by Gasteiger charge is -2.06. The van der Waals surface area contributed by atoms with Crippen molar-refractivity contribution in [3.8, 4) is 11.5 Å². The highest BCUT2D eigenvalue weighted by Crippen LogP contribution is 2.30. The fourth-order valence-electron chi connectivity index (χ4n) is 1.97. The fraction of sp³-hybridized carbons (Fsp3) is 0.214. The van der Waals surface area contributed by atoms with Crippen LogP contribution in [0.15, 0.2) is 24.4 Å². The molecule has 3 aromatic heterocycles. The minimum absolute atomic E-state index is 0.367. The Labute approximate surface area is 119 Å². The molecule has 4 nitrogen and oxygen atoms in total. The zero-order valence-corrected chi connectivity index (χ0v) is 12.0. The highest BCUT2D eigenvalue weighted by molar-refractivity contribution is 7.18. The highest BCUT2D eigenvalue weighted by atomic mass is 32.1. The van der Waals surface area contributed by atoms with E-state index in [4.69, 9.17) is 0 Å². The van der Waals surface area contributed by atoms with Gasteiger partial charge in [-0.25, -0.2) is 19.3 Å². The minimum atomic E-state index is -0.367. The molecule has 0 unspecified atom stereocenters. The molecule has 0 fully saturated rings. The molecule has 3 rings (SSSR count). The van der Waals surface area contributed by atoms with E-state index >= 15 is 0 Å². The molecule has 0 aliphatic carbocycles. The molecule has 20 heavy (non-hydrogen) atoms. The molecule has 0 aromatic carbocycles. The number of aromatic nitrogens is 3. The first kappa shape index (κ1) is 12.9. The Bertz CT molecular complexity index is 752. The van der Waals surface area contributed by atoms with Crippen molar-refractivity contribution in [2.45, 2.75) is 13.8 Å². The molecule has 0 aliphatic heterocycles. The highest BCUT2D eigenvalue weighted by Gasteiger charge is 2.12. The number of nitrogens with one attached hydrogen (secondary N) is 1. The van der Waals surface area contributed by atoms with Gasteiger partial charge in [-0.05, 0) is 32.0 Å². The fourth-order valence-corrected chi connectivity index (χ4v) is 2.85. The molecule has 6 heteroatoms. The van der Waals surface area contributed by atoms with Gasteiger partial charge in [0, 0.05) is 11.4 Å². The summed E-state index contributed by atoms with van der Waals surface area (Å²) in [4.78, 5) is 15.2. The zero-order chi connectivity index (χ0) is 14.1. The van der Waals surface area contributed by atoms with Crippen LogP contribution < -0.4 is 5.32 Å². The summed E-state index contributed by atoms with van der Waals surface area (Å²) in [6, 6.07) is 5.02. The van der Waals surface area contributed by atoms with Crippen molar-refractivity contribution in [2.75, 3.05) is 11.9 Å². The first-order valence-electron chi connectivity index (χ1n) is 6.31. The maximum atomic E-state index is 12.9. The van der Waals surface area contributed by atoms with Gasteiger partial charge in [-0.15, -0.1) is 11.3 Å². The van der Waals surface area contributed by atoms with Crippen LogP contribution in [-0.4, -0.2) is 21.5 Å². The molecule has 3 aromatic rings. The quantitative estimate of drug-likeness (QED) is 0.799. The van der Waals surface area contributed by atoms with Gasteiger partial charge in [-0.1, -0.05) is 0 Å². The minimum Gasteiger partial charge on any atom is -0.370 e. The van der Waals surface area contributed by atoms with Gasteiger partial charge in [0.15, 0.2) is 5.82 Å². The van der Waals surface area contributed by atoms with Crippen LogP contribution in [0.5, 0.6) is 0 Å². The van der Waals surface area contributed by atoms with Crippen molar-refractivity contribution in [3.05, 3.63) is 35.1 Å². The lowest BCUT2D eigenvalue weighted by molar-refractivity contribution is 0.621. The van der Waals surface area contributed by atoms with E-state index < -0.39 is 0 Å². The first-order valence-corrected chi connectivity index (χ1v) is 7.13. The summed E-state index contributed by atoms with van der Waals surface area (Å²) in [5.41, 5.74) is 0.568. The van der Waals surface area contributed by atoms with Gasteiger partial charge in [-0.3, -0.25) is 0 Å². The van der Waals surface area contributed by atoms with Crippen LogP contribution in [0.25, 0.3) is 21.7 Å². The summed E-state index contributed by atoms with van der Waals surface area (Å²) in [6.07, 6.45) is 1.18. The SMILES string of the molecule is CCNc1nc(-c2ccc(F)cn2)nc2sc(C)cc12. The van der Waals surface area contributed by atoms with Crippen LogP contribution in [-0.2, 0) is 0 Å². The molecule has 0 saturated carbocycles. The van der Waals surface area contributed by atoms with E-state index in [-0.39, 0.29) is 5.82 Å². The number of aryl methyl sites for hydroxylation is 1. The molecule has 0 spiro atoms. The number of thiophene rings is 1. The summed E-state index contributed by atoms with van der Waals surface area (Å²) in [6.45, 7) is 4.83. The van der Waals surface area contributed by atoms with E-state index in [0.29, 0.717) is 11.5 Å². The summed E-state index contributed by atoms with van der Waals surface area (Å²) in [5, 5.41) is 4.25. The van der Waals surface area contributed by atoms with Crippen LogP contribution in [0, 0.1) is 12.7 Å². The normalized spacial score (nSPS) is 10.9. The van der Waals surface area contributed by atoms with Gasteiger partial charge in [0.05, 0.1) is 11.6 Å². The second-order valence-electron chi connectivity index (χ2n) is 4.36. The standard InChI is InChI=1S/C14H13FN4S/c1-3-16-12-10-6-8(2)20-14(10)19-13(18-12)11-5-4-9(15)7-17-11/h4-7H,3H2,1-2H3,(H,16,18,19). The number of hydrogen-bond acceptors (Lipinski definition) is 5. The summed E-state index contributed by atoms with van der Waals surface area (Å²) in [5.74, 6) is 0.937. The number of fused-ring (bicyclic) bond motifs is 1. The van der Waals surface area contributed by atoms with Crippen LogP contribution in [0.4, 0.5) is 10.2 Å². The molecule has 3 heterocycles. The summed E-state index contributed by atoms with van der Waals surface area (Å²) in [7, 11) is 0. The molecule has 102 valence electrons. The van der Waals surface area contributed by atoms with Gasteiger partial charge in [-0.2, -0.15) is 0 Å². The second-order valence-corrected chi connectivity index (χ2v) is 5.60. The largest absolute Gasteiger partial charge is 0.370 e. The Kier molecular flexibility index (Phi) is 3.31. The average molecular weight is 288 g/mol. The van der Waals surface area contributed by atoms with Crippen LogP contribution in [0.1, 0.15) is 11.8 Å². The van der Waals surface area contributed by atoms with E-state index in [0.717, 1.165) is 22.6 Å². The third-order valence-electron chi connectivity index (χ3n) is 2.82. The predicted octanol–water partition coefficient (Wildman–Crippen LogP) is 3.63. The number of pyridine rings is 1. The van der Waals surface area contributed by atoms with E-state index in [1.54, 1.807) is 17.4 Å². The maximum absolute atomic E-state index is 12.9. The molecule has 0 amide bonds. The van der Waals surface area contributed by atoms with Crippen molar-refractivity contribution in [1.82, 2.24) is 15.0 Å². The van der Waals surface area contributed by atoms with Crippen molar-refractivity contribution in [1.29, 1.82) is 0 Å². The van der Waals surface area contributed by atoms with Crippen LogP contribution in [0.3, 0.4) is 0 Å². The summed E-state index contributed by atoms with van der Waals surface area (Å²) < 4.78 is 12.9. The Hall–Kier alpha value is -2.08. The smallest absolute Gasteiger partial charge is 0.181 e. The molecular weight excluding hydrogens is 275 g/mol. The summed E-state index contributed by atoms with van der Waals surface area (Å²) >= 11 is 1.61. The van der Waals surface area contributed by atoms with E-state index in [9.17, 15) is 4.39 Å². The molecule has 0 saturated heterocycles. The van der Waals surface area contributed by atoms with Crippen molar-refractivity contribution >= 4 is 27.4 Å². The van der Waals surface area contributed by atoms with Crippen molar-refractivity contribution in [2.24, 2.45) is 0 Å². The van der Waals surface area contributed by atoms with Gasteiger partial charge < -0.3 is 5.32 Å². The average Bonchev–Trinajstić information content (AvgIpc) is 2.80. The third-order valence-corrected chi connectivity index (χ3v) is 3.76. The van der Waals surface area contributed by atoms with Crippen molar-refractivity contribution in [3.63, 3.8) is 0 Å². The zero-order valence-electron chi connectivity index (χ0n) is 11.1. The molecule has 0 aliphatic rings. The Morgan fingerprint density at radius 2 is 2.15 bits per heavy atom. The third kappa shape index (κ3) is 2.34. The number of halogens is 1. The topological polar surface area (TPSA) is 50.7 Å². The second kappa shape index (κ2) is 5.13. The Morgan fingerprint density at radius 1 is 1.30 bits per heavy atom. The van der Waals surface area contributed by atoms with Gasteiger partial charge in [0.25, 0.3) is 0 Å². The van der Waals surface area contributed by atoms with Gasteiger partial charge in [0.1, 0.15) is 22.2 Å². The van der Waals surface area contributed by atoms with Crippen molar-refractivity contribution < 1.29 is 4.39 Å². The van der Waals surface area contributed by atoms with E-state index in [2.05, 4.69) is 26.3 Å². The van der Waals surface area contributed by atoms with Gasteiger partial charge in [0.2, 0.25) is 0 Å². The van der Waals surface area contributed by atoms with Crippen LogP contribution in [0.2, 0.25) is 0 Å². The Balaban J connectivity index is 2.18. The maximum Gasteiger partial charge on any atom is 0.181 e. The lowest BCUT2D eigenvalue weighted by Crippen LogP contribution is -2.02. The number of anilines is 1. The molecule has 1 N–H and O–H groups in total. The number of nitrogens with zero attached hydrogens (tertiary/aromatic N) is 3. The monoisotopic (exact) mass is 288 g/mol. The van der Waals surface area contributed by atoms with E-state index in [1.165, 1.54) is 17.1 Å². The van der Waals surface area contributed by atoms with E-state index in [1.807, 2.05) is 13.8 Å². The first-order chi connectivity index (χ1) is 9.67. The van der Waals surface area contributed by atoms with Crippen LogP contribution >= 0.6 is 11.3 Å². The molecule has 0 atom stereocenters. The molecule has 0 radical (unpaired) electrons. The predicted molar refractivity (Wildman–Crippen MR) is 79.5 cm³/mol. The molecule has 0 bridgehead atoms. The number of rotatable bonds is 3. The molecular formula is C14H13FN4S. The lowest BCUT2D eigenvalue weighted by atomic mass is 10.3. The Morgan fingerprint density at radius 3 is 2.85 bits per heavy atom. The van der Waals surface area contributed by atoms with Gasteiger partial charge >= 0.3 is 0 Å².